The highest BCUT2D eigenvalue weighted by Crippen LogP contribution is 2.22. The maximum atomic E-state index is 5.52. The van der Waals surface area contributed by atoms with Crippen LogP contribution in [-0.4, -0.2) is 63.9 Å². The molecule has 1 aromatic carbocycles. The molecule has 0 N–H and O–H groups in total. The first-order valence-electron chi connectivity index (χ1n) is 7.79. The number of benzene rings is 1. The van der Waals surface area contributed by atoms with Gasteiger partial charge in [-0.1, -0.05) is 12.1 Å². The molecule has 1 aromatic rings. The van der Waals surface area contributed by atoms with E-state index in [0.717, 1.165) is 51.6 Å². The van der Waals surface area contributed by atoms with Crippen molar-refractivity contribution in [2.45, 2.75) is 19.4 Å². The second-order valence-corrected chi connectivity index (χ2v) is 5.94. The zero-order chi connectivity index (χ0) is 15.1. The summed E-state index contributed by atoms with van der Waals surface area (Å²) in [5.41, 5.74) is 2.70. The minimum absolute atomic E-state index is 0.838. The number of hydrogen-bond donors (Lipinski definition) is 0. The van der Waals surface area contributed by atoms with Crippen LogP contribution in [0.2, 0.25) is 0 Å². The van der Waals surface area contributed by atoms with Crippen LogP contribution in [-0.2, 0) is 17.7 Å². The molecule has 1 fully saturated rings. The number of aryl methyl sites for hydroxylation is 1. The van der Waals surface area contributed by atoms with Crippen LogP contribution in [0.1, 0.15) is 17.5 Å². The first-order valence-corrected chi connectivity index (χ1v) is 7.79. The van der Waals surface area contributed by atoms with Gasteiger partial charge in [-0.05, 0) is 45.1 Å². The quantitative estimate of drug-likeness (QED) is 0.767. The summed E-state index contributed by atoms with van der Waals surface area (Å²) in [7, 11) is 6.00. The van der Waals surface area contributed by atoms with Gasteiger partial charge in [-0.15, -0.1) is 0 Å². The molecule has 1 heterocycles. The molecule has 0 unspecified atom stereocenters. The Kier molecular flexibility index (Phi) is 6.49. The molecule has 4 heteroatoms. The monoisotopic (exact) mass is 292 g/mol. The number of methoxy groups -OCH3 is 1. The smallest absolute Gasteiger partial charge is 0.123 e. The Morgan fingerprint density at radius 1 is 1.24 bits per heavy atom. The van der Waals surface area contributed by atoms with Crippen LogP contribution < -0.4 is 4.74 Å². The van der Waals surface area contributed by atoms with E-state index in [0.29, 0.717) is 0 Å². The minimum Gasteiger partial charge on any atom is -0.496 e. The van der Waals surface area contributed by atoms with Crippen molar-refractivity contribution in [1.29, 1.82) is 0 Å². The van der Waals surface area contributed by atoms with Gasteiger partial charge in [-0.3, -0.25) is 4.90 Å². The highest BCUT2D eigenvalue weighted by Gasteiger charge is 2.13. The lowest BCUT2D eigenvalue weighted by Crippen LogP contribution is -2.35. The van der Waals surface area contributed by atoms with Gasteiger partial charge in [-0.25, -0.2) is 0 Å². The average Bonchev–Trinajstić information content (AvgIpc) is 2.48. The van der Waals surface area contributed by atoms with E-state index in [1.165, 1.54) is 17.5 Å². The zero-order valence-electron chi connectivity index (χ0n) is 13.6. The van der Waals surface area contributed by atoms with Gasteiger partial charge < -0.3 is 14.4 Å². The summed E-state index contributed by atoms with van der Waals surface area (Å²) in [6.45, 7) is 5.77. The fourth-order valence-corrected chi connectivity index (χ4v) is 2.71. The predicted octanol–water partition coefficient (Wildman–Crippen LogP) is 2.02. The van der Waals surface area contributed by atoms with Crippen molar-refractivity contribution in [1.82, 2.24) is 9.80 Å². The van der Waals surface area contributed by atoms with Crippen molar-refractivity contribution in [3.05, 3.63) is 29.3 Å². The van der Waals surface area contributed by atoms with Crippen molar-refractivity contribution < 1.29 is 9.47 Å². The second-order valence-electron chi connectivity index (χ2n) is 5.94. The van der Waals surface area contributed by atoms with Gasteiger partial charge >= 0.3 is 0 Å². The van der Waals surface area contributed by atoms with Crippen molar-refractivity contribution in [3.63, 3.8) is 0 Å². The average molecular weight is 292 g/mol. The summed E-state index contributed by atoms with van der Waals surface area (Å²) in [5, 5.41) is 0. The number of ether oxygens (including phenoxy) is 2. The van der Waals surface area contributed by atoms with Gasteiger partial charge in [0.2, 0.25) is 0 Å². The molecule has 21 heavy (non-hydrogen) atoms. The summed E-state index contributed by atoms with van der Waals surface area (Å²) < 4.78 is 10.9. The molecule has 1 aliphatic heterocycles. The Morgan fingerprint density at radius 2 is 2.00 bits per heavy atom. The normalized spacial score (nSPS) is 16.4. The Bertz CT molecular complexity index is 429. The summed E-state index contributed by atoms with van der Waals surface area (Å²) in [4.78, 5) is 4.67. The van der Waals surface area contributed by atoms with Gasteiger partial charge in [0.1, 0.15) is 5.75 Å². The number of hydrogen-bond acceptors (Lipinski definition) is 4. The number of rotatable bonds is 7. The zero-order valence-corrected chi connectivity index (χ0v) is 13.6. The van der Waals surface area contributed by atoms with Crippen LogP contribution in [0.25, 0.3) is 0 Å². The lowest BCUT2D eigenvalue weighted by Gasteiger charge is -2.27. The molecule has 0 atom stereocenters. The summed E-state index contributed by atoms with van der Waals surface area (Å²) >= 11 is 0. The molecule has 0 amide bonds. The Labute approximate surface area is 128 Å². The number of morpholine rings is 1. The highest BCUT2D eigenvalue weighted by atomic mass is 16.5. The maximum Gasteiger partial charge on any atom is 0.123 e. The van der Waals surface area contributed by atoms with Crippen molar-refractivity contribution in [2.24, 2.45) is 0 Å². The molecule has 0 aromatic heterocycles. The number of nitrogens with zero attached hydrogens (tertiary/aromatic N) is 2. The molecular weight excluding hydrogens is 264 g/mol. The SMILES string of the molecule is COc1ccc(CCCN(C)C)cc1CN1CCOCC1. The highest BCUT2D eigenvalue weighted by molar-refractivity contribution is 5.37. The molecular formula is C17H28N2O2. The molecule has 118 valence electrons. The lowest BCUT2D eigenvalue weighted by molar-refractivity contribution is 0.0339. The van der Waals surface area contributed by atoms with Crippen LogP contribution in [0.3, 0.4) is 0 Å². The van der Waals surface area contributed by atoms with E-state index < -0.39 is 0 Å². The molecule has 0 aliphatic carbocycles. The topological polar surface area (TPSA) is 24.9 Å². The summed E-state index contributed by atoms with van der Waals surface area (Å²) in [6.07, 6.45) is 2.31. The van der Waals surface area contributed by atoms with Gasteiger partial charge in [0.25, 0.3) is 0 Å². The molecule has 1 aliphatic rings. The summed E-state index contributed by atoms with van der Waals surface area (Å²) in [5.74, 6) is 0.998. The molecule has 0 radical (unpaired) electrons. The van der Waals surface area contributed by atoms with E-state index in [9.17, 15) is 0 Å². The van der Waals surface area contributed by atoms with E-state index in [4.69, 9.17) is 9.47 Å². The van der Waals surface area contributed by atoms with Crippen molar-refractivity contribution in [2.75, 3.05) is 54.1 Å². The first-order chi connectivity index (χ1) is 10.2. The van der Waals surface area contributed by atoms with Crippen LogP contribution in [0, 0.1) is 0 Å². The first kappa shape index (κ1) is 16.3. The van der Waals surface area contributed by atoms with Gasteiger partial charge in [-0.2, -0.15) is 0 Å². The van der Waals surface area contributed by atoms with Crippen LogP contribution >= 0.6 is 0 Å². The van der Waals surface area contributed by atoms with Crippen LogP contribution in [0.4, 0.5) is 0 Å². The second kappa shape index (κ2) is 8.37. The fraction of sp³-hybridized carbons (Fsp3) is 0.647. The van der Waals surface area contributed by atoms with E-state index in [2.05, 4.69) is 42.1 Å². The molecule has 0 saturated carbocycles. The van der Waals surface area contributed by atoms with E-state index in [1.807, 2.05) is 0 Å². The third-order valence-electron chi connectivity index (χ3n) is 3.91. The molecule has 1 saturated heterocycles. The van der Waals surface area contributed by atoms with Crippen molar-refractivity contribution in [3.8, 4) is 5.75 Å². The fourth-order valence-electron chi connectivity index (χ4n) is 2.71. The largest absolute Gasteiger partial charge is 0.496 e. The van der Waals surface area contributed by atoms with Crippen LogP contribution in [0.15, 0.2) is 18.2 Å². The predicted molar refractivity (Wildman–Crippen MR) is 86.0 cm³/mol. The Balaban J connectivity index is 1.99. The van der Waals surface area contributed by atoms with Gasteiger partial charge in [0.15, 0.2) is 0 Å². The lowest BCUT2D eigenvalue weighted by atomic mass is 10.0. The molecule has 0 bridgehead atoms. The van der Waals surface area contributed by atoms with E-state index >= 15 is 0 Å². The minimum atomic E-state index is 0.838. The Hall–Kier alpha value is -1.10. The standard InChI is InChI=1S/C17H28N2O2/c1-18(2)8-4-5-15-6-7-17(20-3)16(13-15)14-19-9-11-21-12-10-19/h6-7,13H,4-5,8-12,14H2,1-3H3. The third kappa shape index (κ3) is 5.30. The molecule has 2 rings (SSSR count). The van der Waals surface area contributed by atoms with Gasteiger partial charge in [0, 0.05) is 25.2 Å². The third-order valence-corrected chi connectivity index (χ3v) is 3.91. The molecule has 0 spiro atoms. The Morgan fingerprint density at radius 3 is 2.67 bits per heavy atom. The van der Waals surface area contributed by atoms with E-state index in [1.54, 1.807) is 7.11 Å². The summed E-state index contributed by atoms with van der Waals surface area (Å²) in [6, 6.07) is 6.61. The molecule has 4 nitrogen and oxygen atoms in total. The van der Waals surface area contributed by atoms with Crippen LogP contribution in [0.5, 0.6) is 5.75 Å². The maximum absolute atomic E-state index is 5.52. The van der Waals surface area contributed by atoms with E-state index in [-0.39, 0.29) is 0 Å². The van der Waals surface area contributed by atoms with Crippen molar-refractivity contribution >= 4 is 0 Å². The van der Waals surface area contributed by atoms with Gasteiger partial charge in [0.05, 0.1) is 20.3 Å².